The Bertz CT molecular complexity index is 2380. The monoisotopic (exact) mass is 793 g/mol. The zero-order valence-corrected chi connectivity index (χ0v) is 31.4. The summed E-state index contributed by atoms with van der Waals surface area (Å²) in [6.45, 7) is -0.772. The van der Waals surface area contributed by atoms with Gasteiger partial charge in [0.2, 0.25) is 5.91 Å². The van der Waals surface area contributed by atoms with E-state index in [0.717, 1.165) is 24.6 Å². The Morgan fingerprint density at radius 3 is 2.26 bits per heavy atom. The van der Waals surface area contributed by atoms with Crippen LogP contribution < -0.4 is 15.4 Å². The quantitative estimate of drug-likeness (QED) is 0.104. The molecule has 298 valence electrons. The van der Waals surface area contributed by atoms with Crippen molar-refractivity contribution in [3.63, 3.8) is 0 Å². The summed E-state index contributed by atoms with van der Waals surface area (Å²) in [6.07, 6.45) is 2.92. The van der Waals surface area contributed by atoms with E-state index in [1.807, 2.05) is 6.07 Å². The molecule has 0 saturated carbocycles. The Kier molecular flexibility index (Phi) is 12.2. The first-order chi connectivity index (χ1) is 28.1. The first-order valence-corrected chi connectivity index (χ1v) is 18.7. The molecule has 1 aliphatic rings. The van der Waals surface area contributed by atoms with Gasteiger partial charge in [0.15, 0.2) is 5.69 Å². The minimum atomic E-state index is -3.76. The molecule has 4 aromatic heterocycles. The smallest absolute Gasteiger partial charge is 0.402 e. The highest BCUT2D eigenvalue weighted by atomic mass is 19.3. The van der Waals surface area contributed by atoms with Crippen LogP contribution in [-0.4, -0.2) is 43.6 Å². The first kappa shape index (κ1) is 39.7. The van der Waals surface area contributed by atoms with Crippen molar-refractivity contribution in [2.24, 2.45) is 0 Å². The number of fused-ring (bicyclic) bond motifs is 1. The van der Waals surface area contributed by atoms with E-state index >= 15 is 8.78 Å². The summed E-state index contributed by atoms with van der Waals surface area (Å²) in [5.41, 5.74) is 3.09. The number of amides is 2. The molecule has 15 heteroatoms. The molecule has 7 rings (SSSR count). The highest BCUT2D eigenvalue weighted by Crippen LogP contribution is 2.37. The average Bonchev–Trinajstić information content (AvgIpc) is 3.61. The summed E-state index contributed by atoms with van der Waals surface area (Å²) in [5, 5.41) is 9.80. The molecule has 2 amide bonds. The number of ether oxygens (including phenoxy) is 2. The molecule has 0 spiro atoms. The molecule has 0 aliphatic heterocycles. The van der Waals surface area contributed by atoms with Crippen LogP contribution in [0.25, 0.3) is 11.1 Å². The molecule has 0 saturated heterocycles. The zero-order valence-electron chi connectivity index (χ0n) is 31.4. The van der Waals surface area contributed by atoms with E-state index in [-0.39, 0.29) is 24.2 Å². The van der Waals surface area contributed by atoms with Gasteiger partial charge < -0.3 is 20.1 Å². The van der Waals surface area contributed by atoms with Crippen LogP contribution in [-0.2, 0) is 54.7 Å². The number of benzene rings is 2. The number of pyridine rings is 3. The van der Waals surface area contributed by atoms with Crippen molar-refractivity contribution in [2.45, 2.75) is 64.0 Å². The van der Waals surface area contributed by atoms with Gasteiger partial charge in [0, 0.05) is 48.5 Å². The van der Waals surface area contributed by atoms with Gasteiger partial charge in [-0.1, -0.05) is 24.3 Å². The average molecular weight is 794 g/mol. The van der Waals surface area contributed by atoms with E-state index < -0.39 is 54.4 Å². The third-order valence-electron chi connectivity index (χ3n) is 9.68. The van der Waals surface area contributed by atoms with Crippen LogP contribution in [0.3, 0.4) is 0 Å². The van der Waals surface area contributed by atoms with Crippen LogP contribution in [0.15, 0.2) is 104 Å². The summed E-state index contributed by atoms with van der Waals surface area (Å²) >= 11 is 0. The lowest BCUT2D eigenvalue weighted by Gasteiger charge is -2.22. The maximum absolute atomic E-state index is 15.6. The summed E-state index contributed by atoms with van der Waals surface area (Å²) < 4.78 is 72.5. The fraction of sp³-hybridized carbons (Fsp3) is 0.256. The standard InChI is InChI=1S/C43H39F4N7O4/c1-48-42(56)35-22-28(14-15-38(35)57-25-31-9-4-6-16-49-31)33-12-8-18-51-40(33)36(21-27-19-29(44)23-30(45)20-27)52-39(55)24-54-37-13-3-2-11-34(37)41(53-54)43(46,47)58-26-32-10-5-7-17-50-32/h4-10,12,14-20,22-23,36H,2-3,11,13,21,24-26H2,1H3,(H,48,56)(H,52,55)/t36-/m0/s1. The SMILES string of the molecule is CNC(=O)c1cc(-c2cccnc2[C@H](Cc2cc(F)cc(F)c2)NC(=O)Cn2nc(C(F)(F)OCc3ccccn3)c3c2CCCC3)ccc1OCc1ccccn1. The highest BCUT2D eigenvalue weighted by Gasteiger charge is 2.41. The highest BCUT2D eigenvalue weighted by molar-refractivity contribution is 5.98. The van der Waals surface area contributed by atoms with Crippen molar-refractivity contribution in [3.05, 3.63) is 160 Å². The van der Waals surface area contributed by atoms with Crippen LogP contribution in [0.2, 0.25) is 0 Å². The van der Waals surface area contributed by atoms with Crippen molar-refractivity contribution >= 4 is 11.8 Å². The molecule has 1 aliphatic carbocycles. The van der Waals surface area contributed by atoms with Crippen molar-refractivity contribution < 1.29 is 36.6 Å². The fourth-order valence-electron chi connectivity index (χ4n) is 7.02. The van der Waals surface area contributed by atoms with E-state index in [4.69, 9.17) is 9.47 Å². The Morgan fingerprint density at radius 2 is 1.55 bits per heavy atom. The first-order valence-electron chi connectivity index (χ1n) is 18.7. The predicted octanol–water partition coefficient (Wildman–Crippen LogP) is 7.20. The third-order valence-corrected chi connectivity index (χ3v) is 9.68. The van der Waals surface area contributed by atoms with Crippen molar-refractivity contribution in [3.8, 4) is 16.9 Å². The van der Waals surface area contributed by atoms with Crippen molar-refractivity contribution in [2.75, 3.05) is 7.05 Å². The van der Waals surface area contributed by atoms with Crippen LogP contribution in [0.5, 0.6) is 5.75 Å². The van der Waals surface area contributed by atoms with Crippen molar-refractivity contribution in [1.29, 1.82) is 0 Å². The van der Waals surface area contributed by atoms with Gasteiger partial charge in [0.1, 0.15) is 30.5 Å². The summed E-state index contributed by atoms with van der Waals surface area (Å²) in [7, 11) is 1.49. The van der Waals surface area contributed by atoms with Gasteiger partial charge in [0.05, 0.1) is 35.3 Å². The van der Waals surface area contributed by atoms with E-state index in [1.54, 1.807) is 66.9 Å². The normalized spacial score (nSPS) is 13.1. The number of nitrogens with one attached hydrogen (secondary N) is 2. The second kappa shape index (κ2) is 17.8. The molecule has 0 unspecified atom stereocenters. The Hall–Kier alpha value is -6.48. The largest absolute Gasteiger partial charge is 0.486 e. The molecule has 2 aromatic carbocycles. The number of hydrogen-bond donors (Lipinski definition) is 2. The molecular formula is C43H39F4N7O4. The van der Waals surface area contributed by atoms with Crippen molar-refractivity contribution in [1.82, 2.24) is 35.4 Å². The Morgan fingerprint density at radius 1 is 0.845 bits per heavy atom. The van der Waals surface area contributed by atoms with Gasteiger partial charge in [-0.25, -0.2) is 8.78 Å². The number of nitrogens with zero attached hydrogens (tertiary/aromatic N) is 5. The van der Waals surface area contributed by atoms with Gasteiger partial charge in [-0.15, -0.1) is 0 Å². The van der Waals surface area contributed by atoms with Gasteiger partial charge in [-0.05, 0) is 97.8 Å². The number of carbonyl (C=O) groups excluding carboxylic acids is 2. The topological polar surface area (TPSA) is 133 Å². The lowest BCUT2D eigenvalue weighted by atomic mass is 9.94. The van der Waals surface area contributed by atoms with E-state index in [9.17, 15) is 18.4 Å². The molecule has 4 heterocycles. The molecular weight excluding hydrogens is 755 g/mol. The van der Waals surface area contributed by atoms with E-state index in [2.05, 4.69) is 30.7 Å². The molecule has 58 heavy (non-hydrogen) atoms. The fourth-order valence-corrected chi connectivity index (χ4v) is 7.02. The molecule has 2 N–H and O–H groups in total. The summed E-state index contributed by atoms with van der Waals surface area (Å²) in [6, 6.07) is 20.8. The van der Waals surface area contributed by atoms with Gasteiger partial charge >= 0.3 is 6.11 Å². The number of alkyl halides is 2. The number of carbonyl (C=O) groups is 2. The van der Waals surface area contributed by atoms with Crippen LogP contribution in [0.4, 0.5) is 17.6 Å². The number of aromatic nitrogens is 5. The minimum absolute atomic E-state index is 0.0973. The number of halogens is 4. The second-order valence-corrected chi connectivity index (χ2v) is 13.7. The number of hydrogen-bond acceptors (Lipinski definition) is 8. The maximum Gasteiger partial charge on any atom is 0.402 e. The maximum atomic E-state index is 15.6. The number of rotatable bonds is 15. The third kappa shape index (κ3) is 9.37. The van der Waals surface area contributed by atoms with Crippen LogP contribution in [0.1, 0.15) is 68.8 Å². The summed E-state index contributed by atoms with van der Waals surface area (Å²) in [5.74, 6) is -2.34. The minimum Gasteiger partial charge on any atom is -0.486 e. The van der Waals surface area contributed by atoms with Crippen LogP contribution >= 0.6 is 0 Å². The van der Waals surface area contributed by atoms with Crippen LogP contribution in [0, 0.1) is 11.6 Å². The molecule has 11 nitrogen and oxygen atoms in total. The molecule has 0 bridgehead atoms. The lowest BCUT2D eigenvalue weighted by molar-refractivity contribution is -0.259. The Labute approximate surface area is 331 Å². The molecule has 0 fully saturated rings. The zero-order chi connectivity index (χ0) is 40.6. The second-order valence-electron chi connectivity index (χ2n) is 13.7. The van der Waals surface area contributed by atoms with Gasteiger partial charge in [-0.3, -0.25) is 29.2 Å². The van der Waals surface area contributed by atoms with Gasteiger partial charge in [0.25, 0.3) is 5.91 Å². The predicted molar refractivity (Wildman–Crippen MR) is 204 cm³/mol. The van der Waals surface area contributed by atoms with Gasteiger partial charge in [-0.2, -0.15) is 13.9 Å². The lowest BCUT2D eigenvalue weighted by Crippen LogP contribution is -2.34. The molecule has 0 radical (unpaired) electrons. The van der Waals surface area contributed by atoms with E-state index in [1.165, 1.54) is 24.1 Å². The van der Waals surface area contributed by atoms with E-state index in [0.29, 0.717) is 64.5 Å². The molecule has 1 atom stereocenters. The Balaban J connectivity index is 1.19. The summed E-state index contributed by atoms with van der Waals surface area (Å²) in [4.78, 5) is 40.1. The molecule has 6 aromatic rings.